The zero-order valence-corrected chi connectivity index (χ0v) is 24.6. The molecule has 3 aromatic rings. The summed E-state index contributed by atoms with van der Waals surface area (Å²) in [5, 5.41) is 3.47. The Labute approximate surface area is 240 Å². The van der Waals surface area contributed by atoms with Crippen LogP contribution in [0.15, 0.2) is 77.7 Å². The molecule has 39 heavy (non-hydrogen) atoms. The first-order chi connectivity index (χ1) is 18.6. The van der Waals surface area contributed by atoms with E-state index >= 15 is 0 Å². The van der Waals surface area contributed by atoms with Crippen molar-refractivity contribution in [1.82, 2.24) is 10.2 Å². The van der Waals surface area contributed by atoms with Crippen molar-refractivity contribution in [2.24, 2.45) is 0 Å². The van der Waals surface area contributed by atoms with Gasteiger partial charge in [0.2, 0.25) is 11.8 Å². The minimum absolute atomic E-state index is 0.0417. The van der Waals surface area contributed by atoms with Crippen LogP contribution in [0.1, 0.15) is 38.3 Å². The van der Waals surface area contributed by atoms with Crippen LogP contribution in [0.5, 0.6) is 0 Å². The van der Waals surface area contributed by atoms with E-state index in [0.717, 1.165) is 9.87 Å². The van der Waals surface area contributed by atoms with Crippen molar-refractivity contribution in [2.75, 3.05) is 17.4 Å². The minimum atomic E-state index is -4.12. The first-order valence-corrected chi connectivity index (χ1v) is 15.0. The summed E-state index contributed by atoms with van der Waals surface area (Å²) in [6, 6.07) is 19.3. The number of carbonyl (C=O) groups excluding carboxylic acids is 2. The van der Waals surface area contributed by atoms with Gasteiger partial charge in [-0.3, -0.25) is 13.9 Å². The molecule has 0 aliphatic heterocycles. The predicted octanol–water partition coefficient (Wildman–Crippen LogP) is 5.69. The van der Waals surface area contributed by atoms with Crippen molar-refractivity contribution in [1.29, 1.82) is 0 Å². The summed E-state index contributed by atoms with van der Waals surface area (Å²) in [5.74, 6) is -0.843. The highest BCUT2D eigenvalue weighted by molar-refractivity contribution is 7.92. The lowest BCUT2D eigenvalue weighted by Gasteiger charge is -2.33. The summed E-state index contributed by atoms with van der Waals surface area (Å²) >= 11 is 12.3. The van der Waals surface area contributed by atoms with Crippen LogP contribution in [0.25, 0.3) is 0 Å². The van der Waals surface area contributed by atoms with Crippen LogP contribution in [0, 0.1) is 0 Å². The molecule has 0 spiro atoms. The number of rotatable bonds is 12. The maximum atomic E-state index is 14.1. The molecule has 3 rings (SSSR count). The van der Waals surface area contributed by atoms with Crippen LogP contribution in [0.4, 0.5) is 5.69 Å². The molecule has 208 valence electrons. The lowest BCUT2D eigenvalue weighted by atomic mass is 10.1. The number of halogens is 2. The van der Waals surface area contributed by atoms with Gasteiger partial charge in [0.25, 0.3) is 10.0 Å². The lowest BCUT2D eigenvalue weighted by molar-refractivity contribution is -0.140. The molecular formula is C29H33Cl2N3O4S. The maximum Gasteiger partial charge on any atom is 0.264 e. The quantitative estimate of drug-likeness (QED) is 0.294. The molecule has 2 amide bonds. The number of anilines is 1. The summed E-state index contributed by atoms with van der Waals surface area (Å²) in [7, 11) is -4.12. The van der Waals surface area contributed by atoms with Crippen LogP contribution in [-0.4, -0.2) is 44.3 Å². The first-order valence-electron chi connectivity index (χ1n) is 12.8. The molecule has 7 nitrogen and oxygen atoms in total. The average Bonchev–Trinajstić information content (AvgIpc) is 2.94. The van der Waals surface area contributed by atoms with Gasteiger partial charge in [-0.2, -0.15) is 0 Å². The lowest BCUT2D eigenvalue weighted by Crippen LogP contribution is -2.52. The number of aryl methyl sites for hydroxylation is 1. The average molecular weight is 591 g/mol. The summed E-state index contributed by atoms with van der Waals surface area (Å²) < 4.78 is 29.0. The third-order valence-electron chi connectivity index (χ3n) is 6.33. The van der Waals surface area contributed by atoms with Crippen molar-refractivity contribution >= 4 is 50.7 Å². The van der Waals surface area contributed by atoms with Gasteiger partial charge in [0.1, 0.15) is 12.6 Å². The Hall–Kier alpha value is -3.07. The predicted molar refractivity (Wildman–Crippen MR) is 157 cm³/mol. The highest BCUT2D eigenvalue weighted by Gasteiger charge is 2.34. The summed E-state index contributed by atoms with van der Waals surface area (Å²) in [4.78, 5) is 28.5. The summed E-state index contributed by atoms with van der Waals surface area (Å²) in [6.45, 7) is 5.46. The fraction of sp³-hybridized carbons (Fsp3) is 0.310. The van der Waals surface area contributed by atoms with Crippen LogP contribution < -0.4 is 9.62 Å². The Morgan fingerprint density at radius 2 is 1.56 bits per heavy atom. The smallest absolute Gasteiger partial charge is 0.264 e. The Morgan fingerprint density at radius 1 is 0.897 bits per heavy atom. The molecule has 10 heteroatoms. The Morgan fingerprint density at radius 3 is 2.18 bits per heavy atom. The van der Waals surface area contributed by atoms with Gasteiger partial charge in [-0.05, 0) is 61.2 Å². The fourth-order valence-electron chi connectivity index (χ4n) is 4.33. The molecule has 1 N–H and O–H groups in total. The van der Waals surface area contributed by atoms with Crippen LogP contribution in [0.2, 0.25) is 10.0 Å². The number of likely N-dealkylation sites (N-methyl/N-ethyl adjacent to an activating group) is 1. The van der Waals surface area contributed by atoms with E-state index < -0.39 is 28.5 Å². The van der Waals surface area contributed by atoms with E-state index in [-0.39, 0.29) is 17.3 Å². The SMILES string of the molecule is CCNC(=O)[C@H](CC)N(Cc1ccc(Cl)c(Cl)c1)C(=O)CN(c1ccccc1CC)S(=O)(=O)c1ccccc1. The molecule has 0 aliphatic rings. The molecule has 0 saturated carbocycles. The standard InChI is InChI=1S/C29H33Cl2N3O4S/c1-4-22-12-10-11-15-27(22)34(39(37,38)23-13-8-7-9-14-23)20-28(35)33(26(5-2)29(36)32-6-3)19-21-16-17-24(30)25(31)18-21/h7-18,26H,4-6,19-20H2,1-3H3,(H,32,36)/t26-/m0/s1. The van der Waals surface area contributed by atoms with Crippen LogP contribution in [0.3, 0.4) is 0 Å². The molecule has 0 radical (unpaired) electrons. The monoisotopic (exact) mass is 589 g/mol. The minimum Gasteiger partial charge on any atom is -0.355 e. The molecule has 0 aromatic heterocycles. The maximum absolute atomic E-state index is 14.1. The van der Waals surface area contributed by atoms with Crippen molar-refractivity contribution in [2.45, 2.75) is 51.1 Å². The van der Waals surface area contributed by atoms with Gasteiger partial charge >= 0.3 is 0 Å². The molecule has 1 atom stereocenters. The molecular weight excluding hydrogens is 557 g/mol. The number of benzene rings is 3. The number of sulfonamides is 1. The third kappa shape index (κ3) is 7.32. The van der Waals surface area contributed by atoms with Crippen molar-refractivity contribution < 1.29 is 18.0 Å². The number of amides is 2. The van der Waals surface area contributed by atoms with E-state index in [1.54, 1.807) is 62.4 Å². The molecule has 0 bridgehead atoms. The van der Waals surface area contributed by atoms with E-state index in [9.17, 15) is 18.0 Å². The number of nitrogens with zero attached hydrogens (tertiary/aromatic N) is 2. The van der Waals surface area contributed by atoms with Gasteiger partial charge in [-0.25, -0.2) is 8.42 Å². The van der Waals surface area contributed by atoms with E-state index in [1.807, 2.05) is 19.1 Å². The topological polar surface area (TPSA) is 86.8 Å². The van der Waals surface area contributed by atoms with Crippen LogP contribution >= 0.6 is 23.2 Å². The van der Waals surface area contributed by atoms with Gasteiger partial charge in [0.15, 0.2) is 0 Å². The van der Waals surface area contributed by atoms with Gasteiger partial charge in [-0.1, -0.05) is 79.5 Å². The van der Waals surface area contributed by atoms with Crippen molar-refractivity contribution in [3.63, 3.8) is 0 Å². The molecule has 0 aliphatic carbocycles. The van der Waals surface area contributed by atoms with Gasteiger partial charge < -0.3 is 10.2 Å². The van der Waals surface area contributed by atoms with Gasteiger partial charge in [0.05, 0.1) is 20.6 Å². The van der Waals surface area contributed by atoms with Crippen LogP contribution in [-0.2, 0) is 32.6 Å². The second-order valence-corrected chi connectivity index (χ2v) is 11.6. The number of nitrogens with one attached hydrogen (secondary N) is 1. The second kappa shape index (κ2) is 13.8. The number of carbonyl (C=O) groups is 2. The number of hydrogen-bond donors (Lipinski definition) is 1. The molecule has 0 heterocycles. The Balaban J connectivity index is 2.10. The zero-order chi connectivity index (χ0) is 28.6. The van der Waals surface area contributed by atoms with Crippen molar-refractivity contribution in [3.05, 3.63) is 94.0 Å². The number of para-hydroxylation sites is 1. The van der Waals surface area contributed by atoms with E-state index in [0.29, 0.717) is 40.7 Å². The normalized spacial score (nSPS) is 12.0. The highest BCUT2D eigenvalue weighted by atomic mass is 35.5. The summed E-state index contributed by atoms with van der Waals surface area (Å²) in [5.41, 5.74) is 1.85. The van der Waals surface area contributed by atoms with E-state index in [2.05, 4.69) is 5.32 Å². The van der Waals surface area contributed by atoms with E-state index in [4.69, 9.17) is 23.2 Å². The Kier molecular flexibility index (Phi) is 10.8. The largest absolute Gasteiger partial charge is 0.355 e. The number of hydrogen-bond acceptors (Lipinski definition) is 4. The molecule has 3 aromatic carbocycles. The fourth-order valence-corrected chi connectivity index (χ4v) is 6.13. The summed E-state index contributed by atoms with van der Waals surface area (Å²) in [6.07, 6.45) is 0.893. The molecule has 0 unspecified atom stereocenters. The first kappa shape index (κ1) is 30.5. The molecule has 0 saturated heterocycles. The second-order valence-electron chi connectivity index (χ2n) is 8.90. The highest BCUT2D eigenvalue weighted by Crippen LogP contribution is 2.29. The van der Waals surface area contributed by atoms with Crippen molar-refractivity contribution in [3.8, 4) is 0 Å². The Bertz CT molecular complexity index is 1400. The van der Waals surface area contributed by atoms with Gasteiger partial charge in [0, 0.05) is 13.1 Å². The third-order valence-corrected chi connectivity index (χ3v) is 8.84. The van der Waals surface area contributed by atoms with Gasteiger partial charge in [-0.15, -0.1) is 0 Å². The van der Waals surface area contributed by atoms with E-state index in [1.165, 1.54) is 17.0 Å². The zero-order valence-electron chi connectivity index (χ0n) is 22.2. The molecule has 0 fully saturated rings.